The number of phenols is 1. The van der Waals surface area contributed by atoms with Gasteiger partial charge in [0.15, 0.2) is 11.5 Å². The molecule has 3 heterocycles. The quantitative estimate of drug-likeness (QED) is 0.533. The molecular weight excluding hydrogens is 482 g/mol. The molecule has 2 aromatic rings. The highest BCUT2D eigenvalue weighted by Crippen LogP contribution is 2.77. The number of ether oxygens (including phenoxy) is 2. The van der Waals surface area contributed by atoms with Gasteiger partial charge in [-0.25, -0.2) is 0 Å². The van der Waals surface area contributed by atoms with Crippen LogP contribution in [0.1, 0.15) is 67.9 Å². The SMILES string of the molecule is CO[C@@]12CC[C@@]3(C[C@@H]1[C@](C)(O)CCc1cccs1)[C@H]1Cc4ccc(O)c5c4[C@@]3(CCN1CC1CC1)[C@H]2O5. The maximum Gasteiger partial charge on any atom is 0.165 e. The first-order chi connectivity index (χ1) is 17.8. The molecular formula is C31H39NO4S. The van der Waals surface area contributed by atoms with Gasteiger partial charge in [0.25, 0.3) is 0 Å². The molecule has 0 amide bonds. The molecule has 198 valence electrons. The summed E-state index contributed by atoms with van der Waals surface area (Å²) in [4.78, 5) is 4.16. The van der Waals surface area contributed by atoms with Crippen LogP contribution in [0.5, 0.6) is 11.5 Å². The van der Waals surface area contributed by atoms with E-state index in [1.54, 1.807) is 11.3 Å². The van der Waals surface area contributed by atoms with E-state index in [1.807, 2.05) is 13.2 Å². The molecule has 1 saturated heterocycles. The third-order valence-corrected chi connectivity index (χ3v) is 12.8. The number of phenolic OH excluding ortho intramolecular Hbond substituents is 1. The van der Waals surface area contributed by atoms with Crippen molar-refractivity contribution in [1.29, 1.82) is 0 Å². The molecule has 1 aromatic carbocycles. The Morgan fingerprint density at radius 3 is 2.84 bits per heavy atom. The van der Waals surface area contributed by atoms with Crippen molar-refractivity contribution < 1.29 is 19.7 Å². The number of likely N-dealkylation sites (tertiary alicyclic amines) is 1. The summed E-state index contributed by atoms with van der Waals surface area (Å²) in [5, 5.41) is 25.4. The second-order valence-corrected chi connectivity index (χ2v) is 14.4. The van der Waals surface area contributed by atoms with Crippen LogP contribution in [0.3, 0.4) is 0 Å². The smallest absolute Gasteiger partial charge is 0.165 e. The molecule has 9 rings (SSSR count). The molecule has 5 nitrogen and oxygen atoms in total. The number of hydrogen-bond donors (Lipinski definition) is 2. The zero-order chi connectivity index (χ0) is 25.2. The molecule has 1 aromatic heterocycles. The van der Waals surface area contributed by atoms with E-state index in [0.717, 1.165) is 57.4 Å². The van der Waals surface area contributed by atoms with E-state index in [9.17, 15) is 10.2 Å². The van der Waals surface area contributed by atoms with Crippen molar-refractivity contribution in [2.45, 2.75) is 93.5 Å². The van der Waals surface area contributed by atoms with Crippen LogP contribution in [0.4, 0.5) is 0 Å². The average Bonchev–Trinajstić information content (AvgIpc) is 3.40. The van der Waals surface area contributed by atoms with Gasteiger partial charge in [-0.3, -0.25) is 4.90 Å². The Balaban J connectivity index is 1.28. The average molecular weight is 522 g/mol. The van der Waals surface area contributed by atoms with E-state index in [2.05, 4.69) is 35.4 Å². The van der Waals surface area contributed by atoms with Gasteiger partial charge in [-0.1, -0.05) is 12.1 Å². The van der Waals surface area contributed by atoms with Crippen LogP contribution in [-0.4, -0.2) is 58.7 Å². The standard InChI is InChI=1S/C31H39NO4S/c1-28(34,10-9-21-4-3-15-37-21)23-17-29-11-12-31(23,35-2)27-30(29)13-14-32(18-19-5-6-19)24(29)16-20-7-8-22(33)26(36-27)25(20)30/h3-4,7-8,15,19,23-24,27,33-34H,5-6,9-14,16-18H2,1-2H3/t23-,24-,27-,28-,29-,30+,31+/m1/s1. The molecule has 4 bridgehead atoms. The highest BCUT2D eigenvalue weighted by Gasteiger charge is 2.81. The lowest BCUT2D eigenvalue weighted by atomic mass is 9.33. The fourth-order valence-corrected chi connectivity index (χ4v) is 10.8. The lowest BCUT2D eigenvalue weighted by Gasteiger charge is -2.75. The van der Waals surface area contributed by atoms with Gasteiger partial charge in [0, 0.05) is 46.9 Å². The van der Waals surface area contributed by atoms with Crippen molar-refractivity contribution in [3.8, 4) is 11.5 Å². The maximum atomic E-state index is 12.3. The Morgan fingerprint density at radius 2 is 2.08 bits per heavy atom. The van der Waals surface area contributed by atoms with Crippen LogP contribution in [0.15, 0.2) is 29.6 Å². The molecule has 0 radical (unpaired) electrons. The van der Waals surface area contributed by atoms with Crippen molar-refractivity contribution in [2.75, 3.05) is 20.2 Å². The van der Waals surface area contributed by atoms with Crippen molar-refractivity contribution in [1.82, 2.24) is 4.90 Å². The summed E-state index contributed by atoms with van der Waals surface area (Å²) in [6, 6.07) is 8.75. The summed E-state index contributed by atoms with van der Waals surface area (Å²) in [5.41, 5.74) is 1.11. The molecule has 2 aliphatic heterocycles. The summed E-state index contributed by atoms with van der Waals surface area (Å²) in [6.45, 7) is 4.36. The highest BCUT2D eigenvalue weighted by atomic mass is 32.1. The minimum atomic E-state index is -0.870. The van der Waals surface area contributed by atoms with Gasteiger partial charge >= 0.3 is 0 Å². The molecule has 7 atom stereocenters. The molecule has 5 fully saturated rings. The van der Waals surface area contributed by atoms with Crippen LogP contribution < -0.4 is 4.74 Å². The topological polar surface area (TPSA) is 62.2 Å². The van der Waals surface area contributed by atoms with Gasteiger partial charge < -0.3 is 19.7 Å². The zero-order valence-corrected chi connectivity index (χ0v) is 22.9. The predicted molar refractivity (Wildman–Crippen MR) is 143 cm³/mol. The molecule has 0 unspecified atom stereocenters. The number of aliphatic hydroxyl groups is 1. The van der Waals surface area contributed by atoms with E-state index in [-0.39, 0.29) is 28.6 Å². The van der Waals surface area contributed by atoms with E-state index in [1.165, 1.54) is 35.4 Å². The number of nitrogens with zero attached hydrogens (tertiary/aromatic N) is 1. The summed E-state index contributed by atoms with van der Waals surface area (Å²) >= 11 is 1.77. The maximum absolute atomic E-state index is 12.3. The normalized spacial score (nSPS) is 40.8. The van der Waals surface area contributed by atoms with Crippen LogP contribution in [0.2, 0.25) is 0 Å². The minimum Gasteiger partial charge on any atom is -0.504 e. The Labute approximate surface area is 223 Å². The number of methoxy groups -OCH3 is 1. The van der Waals surface area contributed by atoms with Crippen LogP contribution in [-0.2, 0) is 23.0 Å². The molecule has 2 spiro atoms. The van der Waals surface area contributed by atoms with Gasteiger partial charge in [-0.2, -0.15) is 0 Å². The van der Waals surface area contributed by atoms with E-state index in [4.69, 9.17) is 9.47 Å². The predicted octanol–water partition coefficient (Wildman–Crippen LogP) is 5.06. The van der Waals surface area contributed by atoms with E-state index in [0.29, 0.717) is 11.8 Å². The fraction of sp³-hybridized carbons (Fsp3) is 0.677. The zero-order valence-electron chi connectivity index (χ0n) is 22.0. The number of piperidine rings is 1. The van der Waals surface area contributed by atoms with Gasteiger partial charge in [0.2, 0.25) is 0 Å². The number of benzene rings is 1. The van der Waals surface area contributed by atoms with E-state index >= 15 is 0 Å². The number of fused-ring (bicyclic) bond motifs is 2. The number of aryl methyl sites for hydroxylation is 1. The van der Waals surface area contributed by atoms with Crippen LogP contribution in [0, 0.1) is 17.3 Å². The third kappa shape index (κ3) is 2.81. The first kappa shape index (κ1) is 23.3. The van der Waals surface area contributed by atoms with Crippen LogP contribution in [0.25, 0.3) is 0 Å². The molecule has 2 N–H and O–H groups in total. The first-order valence-electron chi connectivity index (χ1n) is 14.4. The molecule has 5 aliphatic carbocycles. The number of thiophene rings is 1. The highest BCUT2D eigenvalue weighted by molar-refractivity contribution is 7.09. The summed E-state index contributed by atoms with van der Waals surface area (Å²) < 4.78 is 13.5. The van der Waals surface area contributed by atoms with Gasteiger partial charge in [-0.05, 0) is 100 Å². The number of rotatable bonds is 7. The Hall–Kier alpha value is -1.60. The number of aromatic hydroxyl groups is 1. The second-order valence-electron chi connectivity index (χ2n) is 13.3. The van der Waals surface area contributed by atoms with Crippen molar-refractivity contribution in [3.05, 3.63) is 45.6 Å². The van der Waals surface area contributed by atoms with Crippen LogP contribution >= 0.6 is 11.3 Å². The van der Waals surface area contributed by atoms with Gasteiger partial charge in [0.1, 0.15) is 11.7 Å². The Bertz CT molecular complexity index is 1240. The lowest BCUT2D eigenvalue weighted by Crippen LogP contribution is -2.82. The molecule has 6 heteroatoms. The molecule has 37 heavy (non-hydrogen) atoms. The summed E-state index contributed by atoms with van der Waals surface area (Å²) in [7, 11) is 1.84. The Kier molecular flexibility index (Phi) is 4.74. The van der Waals surface area contributed by atoms with Gasteiger partial charge in [0.05, 0.1) is 5.60 Å². The van der Waals surface area contributed by atoms with Gasteiger partial charge in [-0.15, -0.1) is 11.3 Å². The minimum absolute atomic E-state index is 0.0155. The van der Waals surface area contributed by atoms with E-state index < -0.39 is 11.2 Å². The second kappa shape index (κ2) is 7.53. The van der Waals surface area contributed by atoms with Crippen molar-refractivity contribution in [3.63, 3.8) is 0 Å². The lowest BCUT2D eigenvalue weighted by molar-refractivity contribution is -0.302. The van der Waals surface area contributed by atoms with Crippen molar-refractivity contribution in [2.24, 2.45) is 17.3 Å². The molecule has 4 saturated carbocycles. The Morgan fingerprint density at radius 1 is 1.22 bits per heavy atom. The third-order valence-electron chi connectivity index (χ3n) is 11.9. The number of hydrogen-bond acceptors (Lipinski definition) is 6. The fourth-order valence-electron chi connectivity index (χ4n) is 10.1. The summed E-state index contributed by atoms with van der Waals surface area (Å²) in [5.74, 6) is 1.82. The van der Waals surface area contributed by atoms with Crippen molar-refractivity contribution >= 4 is 11.3 Å². The largest absolute Gasteiger partial charge is 0.504 e. The molecule has 7 aliphatic rings. The summed E-state index contributed by atoms with van der Waals surface area (Å²) in [6.07, 6.45) is 9.25. The monoisotopic (exact) mass is 521 g/mol. The first-order valence-corrected chi connectivity index (χ1v) is 15.3.